The van der Waals surface area contributed by atoms with Crippen LogP contribution in [0.15, 0.2) is 31.0 Å². The number of amides is 1. The van der Waals surface area contributed by atoms with E-state index in [2.05, 4.69) is 11.6 Å². The van der Waals surface area contributed by atoms with E-state index in [1.54, 1.807) is 23.1 Å². The molecule has 0 radical (unpaired) electrons. The van der Waals surface area contributed by atoms with E-state index in [1.807, 2.05) is 4.90 Å². The van der Waals surface area contributed by atoms with Crippen molar-refractivity contribution in [1.29, 1.82) is 0 Å². The average Bonchev–Trinajstić information content (AvgIpc) is 2.98. The Bertz CT molecular complexity index is 633. The van der Waals surface area contributed by atoms with Crippen LogP contribution >= 0.6 is 11.6 Å². The van der Waals surface area contributed by atoms with Gasteiger partial charge in [0.1, 0.15) is 11.2 Å². The average molecular weight is 322 g/mol. The summed E-state index contributed by atoms with van der Waals surface area (Å²) in [5, 5.41) is 10.2. The molecule has 2 saturated heterocycles. The molecule has 116 valence electrons. The molecule has 0 saturated carbocycles. The van der Waals surface area contributed by atoms with Gasteiger partial charge in [-0.1, -0.05) is 17.7 Å². The van der Waals surface area contributed by atoms with E-state index in [0.717, 1.165) is 0 Å². The molecule has 0 bridgehead atoms. The van der Waals surface area contributed by atoms with Gasteiger partial charge in [0, 0.05) is 32.4 Å². The molecule has 2 unspecified atom stereocenters. The Morgan fingerprint density at radius 1 is 1.55 bits per heavy atom. The summed E-state index contributed by atoms with van der Waals surface area (Å²) < 4.78 is 0. The lowest BCUT2D eigenvalue weighted by Crippen LogP contribution is -2.41. The van der Waals surface area contributed by atoms with Crippen LogP contribution in [-0.2, 0) is 9.59 Å². The standard InChI is InChI=1S/C15H16ClN3O3/c1-2-5-18-8-15(14(21)22)9-19(7-11(15)13(18)20)12-4-3-10(16)6-17-12/h2-4,6,11H,1,5,7-9H2,(H,21,22). The number of aliphatic carboxylic acids is 1. The normalized spacial score (nSPS) is 27.1. The number of aromatic nitrogens is 1. The smallest absolute Gasteiger partial charge is 0.314 e. The molecule has 1 amide bonds. The summed E-state index contributed by atoms with van der Waals surface area (Å²) in [6.45, 7) is 4.82. The minimum Gasteiger partial charge on any atom is -0.481 e. The van der Waals surface area contributed by atoms with Crippen LogP contribution in [0.25, 0.3) is 0 Å². The van der Waals surface area contributed by atoms with E-state index >= 15 is 0 Å². The Hall–Kier alpha value is -2.08. The molecule has 0 spiro atoms. The topological polar surface area (TPSA) is 73.7 Å². The maximum atomic E-state index is 12.5. The number of nitrogens with zero attached hydrogens (tertiary/aromatic N) is 3. The first-order valence-electron chi connectivity index (χ1n) is 6.97. The minimum absolute atomic E-state index is 0.126. The van der Waals surface area contributed by atoms with Crippen LogP contribution in [0.1, 0.15) is 0 Å². The number of rotatable bonds is 4. The monoisotopic (exact) mass is 321 g/mol. The summed E-state index contributed by atoms with van der Waals surface area (Å²) in [4.78, 5) is 32.0. The highest BCUT2D eigenvalue weighted by molar-refractivity contribution is 6.30. The van der Waals surface area contributed by atoms with Crippen molar-refractivity contribution in [3.63, 3.8) is 0 Å². The first kappa shape index (κ1) is 14.8. The fourth-order valence-corrected chi connectivity index (χ4v) is 3.46. The molecule has 1 aromatic rings. The van der Waals surface area contributed by atoms with Crippen molar-refractivity contribution in [2.75, 3.05) is 31.1 Å². The number of fused-ring (bicyclic) bond motifs is 1. The van der Waals surface area contributed by atoms with Crippen LogP contribution < -0.4 is 4.90 Å². The first-order chi connectivity index (χ1) is 10.5. The van der Waals surface area contributed by atoms with Gasteiger partial charge in [0.25, 0.3) is 0 Å². The summed E-state index contributed by atoms with van der Waals surface area (Å²) in [5.41, 5.74) is -1.08. The predicted octanol–water partition coefficient (Wildman–Crippen LogP) is 1.27. The van der Waals surface area contributed by atoms with Crippen molar-refractivity contribution in [3.05, 3.63) is 36.0 Å². The van der Waals surface area contributed by atoms with Crippen molar-refractivity contribution in [1.82, 2.24) is 9.88 Å². The molecular weight excluding hydrogens is 306 g/mol. The van der Waals surface area contributed by atoms with Crippen LogP contribution in [-0.4, -0.2) is 53.0 Å². The number of carboxylic acids is 1. The molecule has 6 nitrogen and oxygen atoms in total. The van der Waals surface area contributed by atoms with E-state index in [1.165, 1.54) is 6.20 Å². The van der Waals surface area contributed by atoms with Crippen LogP contribution in [0.5, 0.6) is 0 Å². The molecular formula is C15H16ClN3O3. The second-order valence-corrected chi connectivity index (χ2v) is 6.17. The van der Waals surface area contributed by atoms with Crippen LogP contribution in [0, 0.1) is 11.3 Å². The fourth-order valence-electron chi connectivity index (χ4n) is 3.35. The van der Waals surface area contributed by atoms with Crippen molar-refractivity contribution in [2.24, 2.45) is 11.3 Å². The second-order valence-electron chi connectivity index (χ2n) is 5.74. The van der Waals surface area contributed by atoms with Crippen LogP contribution in [0.2, 0.25) is 5.02 Å². The van der Waals surface area contributed by atoms with E-state index in [0.29, 0.717) is 23.9 Å². The SMILES string of the molecule is C=CCN1CC2(C(=O)O)CN(c3ccc(Cl)cn3)CC2C1=O. The molecule has 2 fully saturated rings. The Morgan fingerprint density at radius 2 is 2.32 bits per heavy atom. The molecule has 0 aromatic carbocycles. The zero-order valence-corrected chi connectivity index (χ0v) is 12.7. The number of carbonyl (C=O) groups is 2. The third kappa shape index (κ3) is 2.14. The maximum absolute atomic E-state index is 12.5. The maximum Gasteiger partial charge on any atom is 0.314 e. The second kappa shape index (κ2) is 5.28. The number of carboxylic acid groups (broad SMARTS) is 1. The van der Waals surface area contributed by atoms with Crippen LogP contribution in [0.4, 0.5) is 5.82 Å². The molecule has 2 atom stereocenters. The highest BCUT2D eigenvalue weighted by atomic mass is 35.5. The van der Waals surface area contributed by atoms with Crippen molar-refractivity contribution in [3.8, 4) is 0 Å². The van der Waals surface area contributed by atoms with Gasteiger partial charge in [-0.05, 0) is 12.1 Å². The highest BCUT2D eigenvalue weighted by Gasteiger charge is 2.62. The van der Waals surface area contributed by atoms with Gasteiger partial charge in [-0.15, -0.1) is 6.58 Å². The van der Waals surface area contributed by atoms with E-state index in [-0.39, 0.29) is 19.0 Å². The lowest BCUT2D eigenvalue weighted by molar-refractivity contribution is -0.149. The zero-order chi connectivity index (χ0) is 15.9. The number of halogens is 1. The molecule has 3 rings (SSSR count). The van der Waals surface area contributed by atoms with Crippen LogP contribution in [0.3, 0.4) is 0 Å². The molecule has 2 aliphatic rings. The van der Waals surface area contributed by atoms with E-state index in [9.17, 15) is 14.7 Å². The van der Waals surface area contributed by atoms with Gasteiger partial charge in [0.2, 0.25) is 5.91 Å². The highest BCUT2D eigenvalue weighted by Crippen LogP contribution is 2.44. The number of hydrogen-bond acceptors (Lipinski definition) is 4. The lowest BCUT2D eigenvalue weighted by atomic mass is 9.81. The van der Waals surface area contributed by atoms with Gasteiger partial charge in [-0.2, -0.15) is 0 Å². The largest absolute Gasteiger partial charge is 0.481 e. The van der Waals surface area contributed by atoms with Gasteiger partial charge in [0.05, 0.1) is 10.9 Å². The minimum atomic E-state index is -1.08. The third-order valence-corrected chi connectivity index (χ3v) is 4.66. The van der Waals surface area contributed by atoms with Gasteiger partial charge in [-0.3, -0.25) is 9.59 Å². The van der Waals surface area contributed by atoms with Gasteiger partial charge < -0.3 is 14.9 Å². The van der Waals surface area contributed by atoms with Gasteiger partial charge in [-0.25, -0.2) is 4.98 Å². The number of likely N-dealkylation sites (tertiary alicyclic amines) is 1. The Labute approximate surface area is 133 Å². The molecule has 7 heteroatoms. The zero-order valence-electron chi connectivity index (χ0n) is 11.9. The van der Waals surface area contributed by atoms with Crippen molar-refractivity contribution >= 4 is 29.3 Å². The van der Waals surface area contributed by atoms with Gasteiger partial charge in [0.15, 0.2) is 0 Å². The molecule has 1 N–H and O–H groups in total. The summed E-state index contributed by atoms with van der Waals surface area (Å²) in [6.07, 6.45) is 3.14. The number of hydrogen-bond donors (Lipinski definition) is 1. The number of pyridine rings is 1. The third-order valence-electron chi connectivity index (χ3n) is 4.44. The van der Waals surface area contributed by atoms with E-state index < -0.39 is 17.3 Å². The quantitative estimate of drug-likeness (QED) is 0.845. The summed E-state index contributed by atoms with van der Waals surface area (Å²) in [7, 11) is 0. The predicted molar refractivity (Wildman–Crippen MR) is 81.8 cm³/mol. The molecule has 3 heterocycles. The molecule has 22 heavy (non-hydrogen) atoms. The molecule has 0 aliphatic carbocycles. The Kier molecular flexibility index (Phi) is 3.56. The molecule has 1 aromatic heterocycles. The summed E-state index contributed by atoms with van der Waals surface area (Å²) in [5.74, 6) is -0.974. The number of carbonyl (C=O) groups excluding carboxylic acids is 1. The van der Waals surface area contributed by atoms with Gasteiger partial charge >= 0.3 is 5.97 Å². The van der Waals surface area contributed by atoms with Crippen molar-refractivity contribution < 1.29 is 14.7 Å². The Balaban J connectivity index is 1.89. The molecule has 2 aliphatic heterocycles. The first-order valence-corrected chi connectivity index (χ1v) is 7.35. The number of anilines is 1. The van der Waals surface area contributed by atoms with E-state index in [4.69, 9.17) is 11.6 Å². The fraction of sp³-hybridized carbons (Fsp3) is 0.400. The Morgan fingerprint density at radius 3 is 2.86 bits per heavy atom. The lowest BCUT2D eigenvalue weighted by Gasteiger charge is -2.25. The summed E-state index contributed by atoms with van der Waals surface area (Å²) in [6, 6.07) is 3.45. The van der Waals surface area contributed by atoms with Crippen molar-refractivity contribution in [2.45, 2.75) is 0 Å². The summed E-state index contributed by atoms with van der Waals surface area (Å²) >= 11 is 5.82.